The lowest BCUT2D eigenvalue weighted by molar-refractivity contribution is 0.0489. The van der Waals surface area contributed by atoms with Crippen LogP contribution >= 0.6 is 11.8 Å². The van der Waals surface area contributed by atoms with E-state index in [-0.39, 0.29) is 5.41 Å². The zero-order chi connectivity index (χ0) is 20.0. The van der Waals surface area contributed by atoms with Gasteiger partial charge in [0.25, 0.3) is 0 Å². The SMILES string of the molecule is Cc1nc(N2CCOCC2)nc2c1N=C1CC(C)(C)CC(N3CCOCC3)=C1S2. The molecule has 8 heteroatoms. The van der Waals surface area contributed by atoms with E-state index in [4.69, 9.17) is 24.4 Å². The Morgan fingerprint density at radius 3 is 2.24 bits per heavy atom. The molecule has 4 heterocycles. The summed E-state index contributed by atoms with van der Waals surface area (Å²) in [6.07, 6.45) is 2.07. The predicted molar refractivity (Wildman–Crippen MR) is 115 cm³/mol. The second kappa shape index (κ2) is 7.56. The number of rotatable bonds is 2. The van der Waals surface area contributed by atoms with Gasteiger partial charge in [-0.25, -0.2) is 15.0 Å². The molecule has 1 aliphatic carbocycles. The Morgan fingerprint density at radius 1 is 0.897 bits per heavy atom. The number of aryl methyl sites for hydroxylation is 1. The standard InChI is InChI=1S/C21H29N5O2S/c1-14-17-19(24-20(22-14)26-6-10-28-11-7-26)29-18-15(23-17)12-21(2,3)13-16(18)25-4-8-27-9-5-25/h4-13H2,1-3H3. The van der Waals surface area contributed by atoms with Crippen molar-refractivity contribution >= 4 is 29.1 Å². The highest BCUT2D eigenvalue weighted by molar-refractivity contribution is 8.04. The molecule has 0 radical (unpaired) electrons. The summed E-state index contributed by atoms with van der Waals surface area (Å²) in [5.74, 6) is 0.806. The highest BCUT2D eigenvalue weighted by Gasteiger charge is 2.37. The summed E-state index contributed by atoms with van der Waals surface area (Å²) in [5.41, 5.74) is 4.74. The number of aromatic nitrogens is 2. The van der Waals surface area contributed by atoms with Crippen molar-refractivity contribution in [3.8, 4) is 0 Å². The molecule has 0 atom stereocenters. The summed E-state index contributed by atoms with van der Waals surface area (Å²) < 4.78 is 11.1. The van der Waals surface area contributed by atoms with Gasteiger partial charge in [0.05, 0.1) is 42.7 Å². The lowest BCUT2D eigenvalue weighted by Gasteiger charge is -2.41. The van der Waals surface area contributed by atoms with Crippen molar-refractivity contribution in [3.05, 3.63) is 16.3 Å². The Morgan fingerprint density at radius 2 is 1.55 bits per heavy atom. The molecule has 29 heavy (non-hydrogen) atoms. The number of morpholine rings is 2. The van der Waals surface area contributed by atoms with Gasteiger partial charge in [-0.05, 0) is 25.2 Å². The van der Waals surface area contributed by atoms with Crippen LogP contribution in [0, 0.1) is 12.3 Å². The third kappa shape index (κ3) is 3.78. The van der Waals surface area contributed by atoms with Crippen molar-refractivity contribution in [2.45, 2.75) is 38.6 Å². The van der Waals surface area contributed by atoms with Crippen LogP contribution in [0.15, 0.2) is 20.6 Å². The number of fused-ring (bicyclic) bond motifs is 2. The summed E-state index contributed by atoms with van der Waals surface area (Å²) >= 11 is 1.79. The lowest BCUT2D eigenvalue weighted by Crippen LogP contribution is -2.40. The minimum Gasteiger partial charge on any atom is -0.378 e. The summed E-state index contributed by atoms with van der Waals surface area (Å²) in [7, 11) is 0. The molecule has 0 saturated carbocycles. The van der Waals surface area contributed by atoms with Crippen molar-refractivity contribution in [3.63, 3.8) is 0 Å². The van der Waals surface area contributed by atoms with Crippen molar-refractivity contribution in [1.82, 2.24) is 14.9 Å². The van der Waals surface area contributed by atoms with Gasteiger partial charge in [0, 0.05) is 31.9 Å². The van der Waals surface area contributed by atoms with Gasteiger partial charge >= 0.3 is 0 Å². The first-order chi connectivity index (χ1) is 14.0. The second-order valence-corrected chi connectivity index (χ2v) is 9.91. The average Bonchev–Trinajstić information content (AvgIpc) is 2.73. The van der Waals surface area contributed by atoms with Gasteiger partial charge in [-0.1, -0.05) is 25.6 Å². The minimum atomic E-state index is 0.205. The maximum absolute atomic E-state index is 5.60. The van der Waals surface area contributed by atoms with Crippen LogP contribution in [0.4, 0.5) is 11.6 Å². The average molecular weight is 416 g/mol. The van der Waals surface area contributed by atoms with Crippen LogP contribution in [0.1, 0.15) is 32.4 Å². The maximum atomic E-state index is 5.60. The number of aliphatic imine (C=N–C) groups is 1. The van der Waals surface area contributed by atoms with E-state index in [2.05, 4.69) is 30.6 Å². The highest BCUT2D eigenvalue weighted by atomic mass is 32.2. The van der Waals surface area contributed by atoms with Gasteiger partial charge < -0.3 is 19.3 Å². The van der Waals surface area contributed by atoms with Crippen LogP contribution in [0.5, 0.6) is 0 Å². The predicted octanol–water partition coefficient (Wildman–Crippen LogP) is 3.16. The molecule has 0 amide bonds. The van der Waals surface area contributed by atoms with Gasteiger partial charge in [-0.2, -0.15) is 0 Å². The van der Waals surface area contributed by atoms with E-state index in [1.807, 2.05) is 0 Å². The number of hydrogen-bond acceptors (Lipinski definition) is 8. The monoisotopic (exact) mass is 415 g/mol. The first kappa shape index (κ1) is 19.3. The fraction of sp³-hybridized carbons (Fsp3) is 0.667. The van der Waals surface area contributed by atoms with Crippen LogP contribution < -0.4 is 4.90 Å². The molecule has 0 N–H and O–H groups in total. The van der Waals surface area contributed by atoms with Gasteiger partial charge in [-0.15, -0.1) is 0 Å². The van der Waals surface area contributed by atoms with E-state index >= 15 is 0 Å². The molecule has 0 unspecified atom stereocenters. The number of anilines is 1. The third-order valence-electron chi connectivity index (χ3n) is 5.96. The summed E-state index contributed by atoms with van der Waals surface area (Å²) in [6, 6.07) is 0. The zero-order valence-electron chi connectivity index (χ0n) is 17.5. The molecule has 4 aliphatic rings. The maximum Gasteiger partial charge on any atom is 0.226 e. The Labute approximate surface area is 176 Å². The molecule has 0 bridgehead atoms. The first-order valence-corrected chi connectivity index (χ1v) is 11.3. The fourth-order valence-corrected chi connectivity index (χ4v) is 5.62. The van der Waals surface area contributed by atoms with E-state index in [1.165, 1.54) is 16.3 Å². The fourth-order valence-electron chi connectivity index (χ4n) is 4.46. The summed E-state index contributed by atoms with van der Waals surface area (Å²) in [5, 5.41) is 0.989. The Bertz CT molecular complexity index is 870. The van der Waals surface area contributed by atoms with Gasteiger partial charge in [0.1, 0.15) is 10.7 Å². The van der Waals surface area contributed by atoms with Crippen molar-refractivity contribution < 1.29 is 9.47 Å². The lowest BCUT2D eigenvalue weighted by atomic mass is 9.78. The molecule has 3 aliphatic heterocycles. The molecule has 1 aromatic rings. The molecular weight excluding hydrogens is 386 g/mol. The number of nitrogens with zero attached hydrogens (tertiary/aromatic N) is 5. The Kier molecular flexibility index (Phi) is 5.04. The molecular formula is C21H29N5O2S. The molecule has 1 aromatic heterocycles. The van der Waals surface area contributed by atoms with E-state index in [0.717, 1.165) is 87.8 Å². The van der Waals surface area contributed by atoms with Gasteiger partial charge in [-0.3, -0.25) is 0 Å². The van der Waals surface area contributed by atoms with Gasteiger partial charge in [0.15, 0.2) is 0 Å². The molecule has 0 spiro atoms. The third-order valence-corrected chi connectivity index (χ3v) is 7.12. The molecule has 0 aromatic carbocycles. The largest absolute Gasteiger partial charge is 0.378 e. The van der Waals surface area contributed by atoms with Crippen molar-refractivity contribution in [1.29, 1.82) is 0 Å². The number of ether oxygens (including phenoxy) is 2. The van der Waals surface area contributed by atoms with Crippen molar-refractivity contribution in [2.75, 3.05) is 57.5 Å². The number of thioether (sulfide) groups is 1. The van der Waals surface area contributed by atoms with E-state index < -0.39 is 0 Å². The normalized spacial score (nSPS) is 24.2. The molecule has 156 valence electrons. The topological polar surface area (TPSA) is 63.1 Å². The summed E-state index contributed by atoms with van der Waals surface area (Å²) in [6.45, 7) is 13.4. The first-order valence-electron chi connectivity index (χ1n) is 10.5. The Hall–Kier alpha value is -1.64. The number of hydrogen-bond donors (Lipinski definition) is 0. The smallest absolute Gasteiger partial charge is 0.226 e. The Balaban J connectivity index is 1.55. The number of allylic oxidation sites excluding steroid dienone is 2. The van der Waals surface area contributed by atoms with Crippen LogP contribution in [0.25, 0.3) is 0 Å². The molecule has 5 rings (SSSR count). The van der Waals surface area contributed by atoms with E-state index in [9.17, 15) is 0 Å². The van der Waals surface area contributed by atoms with Gasteiger partial charge in [0.2, 0.25) is 5.95 Å². The quantitative estimate of drug-likeness (QED) is 0.688. The van der Waals surface area contributed by atoms with Crippen LogP contribution in [-0.4, -0.2) is 73.2 Å². The summed E-state index contributed by atoms with van der Waals surface area (Å²) in [4.78, 5) is 20.9. The second-order valence-electron chi connectivity index (χ2n) is 8.92. The molecule has 7 nitrogen and oxygen atoms in total. The van der Waals surface area contributed by atoms with E-state index in [0.29, 0.717) is 0 Å². The van der Waals surface area contributed by atoms with Crippen molar-refractivity contribution in [2.24, 2.45) is 10.4 Å². The van der Waals surface area contributed by atoms with Crippen LogP contribution in [0.3, 0.4) is 0 Å². The van der Waals surface area contributed by atoms with Crippen LogP contribution in [-0.2, 0) is 9.47 Å². The highest BCUT2D eigenvalue weighted by Crippen LogP contribution is 2.50. The molecule has 2 fully saturated rings. The zero-order valence-corrected chi connectivity index (χ0v) is 18.3. The molecule has 2 saturated heterocycles. The minimum absolute atomic E-state index is 0.205. The van der Waals surface area contributed by atoms with Crippen LogP contribution in [0.2, 0.25) is 0 Å². The van der Waals surface area contributed by atoms with E-state index in [1.54, 1.807) is 11.8 Å².